The van der Waals surface area contributed by atoms with Gasteiger partial charge in [0.1, 0.15) is 5.75 Å². The lowest BCUT2D eigenvalue weighted by Crippen LogP contribution is -2.37. The van der Waals surface area contributed by atoms with Crippen LogP contribution < -0.4 is 10.1 Å². The summed E-state index contributed by atoms with van der Waals surface area (Å²) < 4.78 is 33.1. The van der Waals surface area contributed by atoms with Gasteiger partial charge in [-0.3, -0.25) is 9.48 Å². The molecular weight excluding hydrogens is 304 g/mol. The second-order valence-electron chi connectivity index (χ2n) is 5.38. The summed E-state index contributed by atoms with van der Waals surface area (Å²) in [5.74, 6) is -2.24. The van der Waals surface area contributed by atoms with Crippen molar-refractivity contribution < 1.29 is 18.3 Å². The van der Waals surface area contributed by atoms with Crippen LogP contribution >= 0.6 is 0 Å². The Morgan fingerprint density at radius 3 is 2.57 bits per heavy atom. The van der Waals surface area contributed by atoms with Crippen molar-refractivity contribution in [3.63, 3.8) is 0 Å². The Hall–Kier alpha value is -2.44. The summed E-state index contributed by atoms with van der Waals surface area (Å²) in [6.45, 7) is 5.29. The van der Waals surface area contributed by atoms with E-state index in [-0.39, 0.29) is 17.7 Å². The van der Waals surface area contributed by atoms with E-state index < -0.39 is 17.7 Å². The molecule has 2 rings (SSSR count). The number of nitrogens with one attached hydrogen (secondary N) is 1. The maximum Gasteiger partial charge on any atom is 0.261 e. The number of ether oxygens (including phenoxy) is 1. The predicted molar refractivity (Wildman–Crippen MR) is 81.0 cm³/mol. The molecule has 2 atom stereocenters. The monoisotopic (exact) mass is 323 g/mol. The molecule has 2 aromatic rings. The van der Waals surface area contributed by atoms with E-state index in [1.54, 1.807) is 17.8 Å². The van der Waals surface area contributed by atoms with Gasteiger partial charge in [0.2, 0.25) is 0 Å². The van der Waals surface area contributed by atoms with Crippen molar-refractivity contribution in [1.29, 1.82) is 0 Å². The summed E-state index contributed by atoms with van der Waals surface area (Å²) in [6.07, 6.45) is 0.848. The summed E-state index contributed by atoms with van der Waals surface area (Å²) >= 11 is 0. The molecule has 0 aliphatic rings. The molecule has 0 spiro atoms. The molecule has 0 aliphatic carbocycles. The molecule has 124 valence electrons. The standard InChI is InChI=1S/C16H19F2N3O2/c1-9(13-8-19-21(4)10(13)2)20-16(22)11(3)23-12-5-6-14(17)15(18)7-12/h5-9,11H,1-4H3,(H,20,22)/t9-,11-/m1/s1. The van der Waals surface area contributed by atoms with Crippen LogP contribution in [0.1, 0.15) is 31.1 Å². The minimum atomic E-state index is -1.02. The number of amides is 1. The van der Waals surface area contributed by atoms with Gasteiger partial charge in [-0.25, -0.2) is 8.78 Å². The normalized spacial score (nSPS) is 13.5. The number of hydrogen-bond donors (Lipinski definition) is 1. The van der Waals surface area contributed by atoms with Crippen LogP contribution in [-0.2, 0) is 11.8 Å². The predicted octanol–water partition coefficient (Wildman–Crippen LogP) is 2.65. The van der Waals surface area contributed by atoms with Gasteiger partial charge in [0.05, 0.1) is 12.2 Å². The minimum Gasteiger partial charge on any atom is -0.481 e. The van der Waals surface area contributed by atoms with Crippen LogP contribution in [0.25, 0.3) is 0 Å². The second kappa shape index (κ2) is 6.76. The van der Waals surface area contributed by atoms with E-state index in [1.165, 1.54) is 6.07 Å². The average molecular weight is 323 g/mol. The molecule has 0 unspecified atom stereocenters. The minimum absolute atomic E-state index is 0.0942. The Bertz CT molecular complexity index is 715. The molecule has 7 heteroatoms. The number of aryl methyl sites for hydroxylation is 1. The van der Waals surface area contributed by atoms with Crippen molar-refractivity contribution in [2.24, 2.45) is 7.05 Å². The fourth-order valence-corrected chi connectivity index (χ4v) is 2.16. The number of nitrogens with zero attached hydrogens (tertiary/aromatic N) is 2. The zero-order valence-electron chi connectivity index (χ0n) is 13.4. The van der Waals surface area contributed by atoms with E-state index >= 15 is 0 Å². The maximum absolute atomic E-state index is 13.1. The zero-order chi connectivity index (χ0) is 17.1. The van der Waals surface area contributed by atoms with Crippen LogP contribution in [0.4, 0.5) is 8.78 Å². The Labute approximate surface area is 133 Å². The van der Waals surface area contributed by atoms with E-state index in [9.17, 15) is 13.6 Å². The smallest absolute Gasteiger partial charge is 0.261 e. The Kier molecular flexibility index (Phi) is 4.98. The molecule has 0 fully saturated rings. The number of hydrogen-bond acceptors (Lipinski definition) is 3. The van der Waals surface area contributed by atoms with Crippen molar-refractivity contribution in [3.8, 4) is 5.75 Å². The molecule has 23 heavy (non-hydrogen) atoms. The third-order valence-electron chi connectivity index (χ3n) is 3.67. The molecule has 5 nitrogen and oxygen atoms in total. The van der Waals surface area contributed by atoms with Crippen molar-refractivity contribution in [3.05, 3.63) is 47.3 Å². The molecule has 0 aliphatic heterocycles. The average Bonchev–Trinajstić information content (AvgIpc) is 2.82. The SMILES string of the molecule is Cc1c([C@@H](C)NC(=O)[C@@H](C)Oc2ccc(F)c(F)c2)cnn1C. The molecule has 0 saturated carbocycles. The highest BCUT2D eigenvalue weighted by Gasteiger charge is 2.20. The molecule has 0 saturated heterocycles. The molecular formula is C16H19F2N3O2. The van der Waals surface area contributed by atoms with Crippen molar-refractivity contribution in [1.82, 2.24) is 15.1 Å². The summed E-state index contributed by atoms with van der Waals surface area (Å²) in [5, 5.41) is 6.94. The number of carbonyl (C=O) groups is 1. The van der Waals surface area contributed by atoms with Gasteiger partial charge in [0.15, 0.2) is 17.7 Å². The lowest BCUT2D eigenvalue weighted by atomic mass is 10.1. The molecule has 1 aromatic carbocycles. The molecule has 0 bridgehead atoms. The summed E-state index contributed by atoms with van der Waals surface area (Å²) in [7, 11) is 1.82. The van der Waals surface area contributed by atoms with Crippen LogP contribution in [-0.4, -0.2) is 21.8 Å². The van der Waals surface area contributed by atoms with Gasteiger partial charge < -0.3 is 10.1 Å². The first-order chi connectivity index (χ1) is 10.8. The van der Waals surface area contributed by atoms with Gasteiger partial charge >= 0.3 is 0 Å². The van der Waals surface area contributed by atoms with Gasteiger partial charge in [-0.2, -0.15) is 5.10 Å². The fraction of sp³-hybridized carbons (Fsp3) is 0.375. The number of benzene rings is 1. The van der Waals surface area contributed by atoms with Crippen molar-refractivity contribution in [2.45, 2.75) is 32.9 Å². The highest BCUT2D eigenvalue weighted by atomic mass is 19.2. The topological polar surface area (TPSA) is 56.1 Å². The lowest BCUT2D eigenvalue weighted by molar-refractivity contribution is -0.127. The third kappa shape index (κ3) is 3.85. The maximum atomic E-state index is 13.1. The van der Waals surface area contributed by atoms with E-state index in [0.29, 0.717) is 0 Å². The number of aromatic nitrogens is 2. The van der Waals surface area contributed by atoms with E-state index in [0.717, 1.165) is 23.4 Å². The van der Waals surface area contributed by atoms with Crippen molar-refractivity contribution in [2.75, 3.05) is 0 Å². The molecule has 1 amide bonds. The Balaban J connectivity index is 1.99. The quantitative estimate of drug-likeness (QED) is 0.920. The Morgan fingerprint density at radius 1 is 1.30 bits per heavy atom. The summed E-state index contributed by atoms with van der Waals surface area (Å²) in [4.78, 5) is 12.2. The molecule has 0 radical (unpaired) electrons. The number of carbonyl (C=O) groups excluding carboxylic acids is 1. The summed E-state index contributed by atoms with van der Waals surface area (Å²) in [6, 6.07) is 2.90. The first kappa shape index (κ1) is 16.9. The van der Waals surface area contributed by atoms with Gasteiger partial charge in [-0.1, -0.05) is 0 Å². The first-order valence-corrected chi connectivity index (χ1v) is 7.20. The third-order valence-corrected chi connectivity index (χ3v) is 3.67. The van der Waals surface area contributed by atoms with Crippen molar-refractivity contribution >= 4 is 5.91 Å². The first-order valence-electron chi connectivity index (χ1n) is 7.20. The van der Waals surface area contributed by atoms with Crippen LogP contribution in [0.15, 0.2) is 24.4 Å². The van der Waals surface area contributed by atoms with E-state index in [2.05, 4.69) is 10.4 Å². The van der Waals surface area contributed by atoms with Gasteiger partial charge in [0, 0.05) is 24.4 Å². The number of halogens is 2. The van der Waals surface area contributed by atoms with Crippen LogP contribution in [0, 0.1) is 18.6 Å². The van der Waals surface area contributed by atoms with E-state index in [1.807, 2.05) is 20.9 Å². The summed E-state index contributed by atoms with van der Waals surface area (Å²) in [5.41, 5.74) is 1.85. The van der Waals surface area contributed by atoms with E-state index in [4.69, 9.17) is 4.74 Å². The highest BCUT2D eigenvalue weighted by molar-refractivity contribution is 5.81. The van der Waals surface area contributed by atoms with Crippen LogP contribution in [0.3, 0.4) is 0 Å². The lowest BCUT2D eigenvalue weighted by Gasteiger charge is -2.18. The van der Waals surface area contributed by atoms with Crippen LogP contribution in [0.5, 0.6) is 5.75 Å². The molecule has 1 heterocycles. The Morgan fingerprint density at radius 2 is 2.00 bits per heavy atom. The second-order valence-corrected chi connectivity index (χ2v) is 5.38. The molecule has 1 aromatic heterocycles. The largest absolute Gasteiger partial charge is 0.481 e. The van der Waals surface area contributed by atoms with Gasteiger partial charge in [-0.05, 0) is 32.9 Å². The van der Waals surface area contributed by atoms with Gasteiger partial charge in [-0.15, -0.1) is 0 Å². The number of rotatable bonds is 5. The molecule has 1 N–H and O–H groups in total. The van der Waals surface area contributed by atoms with Gasteiger partial charge in [0.25, 0.3) is 5.91 Å². The zero-order valence-corrected chi connectivity index (χ0v) is 13.4. The van der Waals surface area contributed by atoms with Crippen LogP contribution in [0.2, 0.25) is 0 Å². The fourth-order valence-electron chi connectivity index (χ4n) is 2.16. The highest BCUT2D eigenvalue weighted by Crippen LogP contribution is 2.18.